The third-order valence-corrected chi connectivity index (χ3v) is 1.97. The van der Waals surface area contributed by atoms with Gasteiger partial charge in [-0.3, -0.25) is 14.4 Å². The van der Waals surface area contributed by atoms with Crippen LogP contribution >= 0.6 is 0 Å². The lowest BCUT2D eigenvalue weighted by atomic mass is 10.2. The summed E-state index contributed by atoms with van der Waals surface area (Å²) in [5.74, 6) is -2.70. The summed E-state index contributed by atoms with van der Waals surface area (Å²) in [6.07, 6.45) is 1.23. The predicted octanol–water partition coefficient (Wildman–Crippen LogP) is 0.231. The number of carboxylic acid groups (broad SMARTS) is 3. The average Bonchev–Trinajstić information content (AvgIpc) is 2.35. The van der Waals surface area contributed by atoms with Crippen LogP contribution in [0.15, 0.2) is 0 Å². The molecule has 0 radical (unpaired) electrons. The van der Waals surface area contributed by atoms with Gasteiger partial charge in [-0.25, -0.2) is 0 Å². The van der Waals surface area contributed by atoms with Gasteiger partial charge in [0.25, 0.3) is 0 Å². The Morgan fingerprint density at radius 1 is 0.955 bits per heavy atom. The van der Waals surface area contributed by atoms with Crippen LogP contribution in [0.1, 0.15) is 52.4 Å². The van der Waals surface area contributed by atoms with E-state index < -0.39 is 30.2 Å². The zero-order valence-electron chi connectivity index (χ0n) is 12.9. The highest BCUT2D eigenvalue weighted by molar-refractivity contribution is 5.72. The second-order valence-corrected chi connectivity index (χ2v) is 4.39. The van der Waals surface area contributed by atoms with Gasteiger partial charge in [-0.15, -0.1) is 0 Å². The number of aliphatic carboxylic acids is 3. The number of carbonyl (C=O) groups is 3. The van der Waals surface area contributed by atoms with Crippen molar-refractivity contribution in [2.24, 2.45) is 5.73 Å². The van der Waals surface area contributed by atoms with E-state index in [1.54, 1.807) is 0 Å². The van der Waals surface area contributed by atoms with Gasteiger partial charge in [-0.1, -0.05) is 13.3 Å². The molecule has 1 atom stereocenters. The molecule has 0 aliphatic rings. The predicted molar refractivity (Wildman–Crippen MR) is 78.2 cm³/mol. The first kappa shape index (κ1) is 25.3. The van der Waals surface area contributed by atoms with Gasteiger partial charge in [0.1, 0.15) is 6.04 Å². The molecule has 0 aliphatic carbocycles. The normalized spacial score (nSPS) is 10.6. The van der Waals surface area contributed by atoms with Crippen molar-refractivity contribution in [2.45, 2.75) is 64.7 Å². The summed E-state index contributed by atoms with van der Waals surface area (Å²) < 4.78 is 0. The number of aliphatic hydroxyl groups is 2. The maximum Gasteiger partial charge on any atom is 0.320 e. The van der Waals surface area contributed by atoms with E-state index in [9.17, 15) is 14.4 Å². The number of unbranched alkanes of at least 4 members (excludes halogenated alkanes) is 1. The minimum Gasteiger partial charge on any atom is -0.481 e. The van der Waals surface area contributed by atoms with Gasteiger partial charge in [0.15, 0.2) is 6.29 Å². The Hall–Kier alpha value is -1.71. The first-order valence-electron chi connectivity index (χ1n) is 6.82. The third kappa shape index (κ3) is 36.2. The second kappa shape index (κ2) is 17.3. The van der Waals surface area contributed by atoms with E-state index in [2.05, 4.69) is 0 Å². The van der Waals surface area contributed by atoms with Crippen molar-refractivity contribution >= 4 is 17.9 Å². The van der Waals surface area contributed by atoms with Crippen LogP contribution in [0.3, 0.4) is 0 Å². The summed E-state index contributed by atoms with van der Waals surface area (Å²) in [5, 5.41) is 40.3. The van der Waals surface area contributed by atoms with Crippen molar-refractivity contribution in [1.29, 1.82) is 0 Å². The molecule has 0 bridgehead atoms. The molecular formula is C13H27NO8. The molecule has 0 aromatic heterocycles. The van der Waals surface area contributed by atoms with Crippen LogP contribution in [-0.2, 0) is 14.4 Å². The van der Waals surface area contributed by atoms with Gasteiger partial charge < -0.3 is 31.3 Å². The van der Waals surface area contributed by atoms with Crippen LogP contribution in [0.5, 0.6) is 0 Å². The number of nitrogens with two attached hydrogens (primary N) is 1. The molecule has 0 amide bonds. The van der Waals surface area contributed by atoms with Gasteiger partial charge in [-0.05, 0) is 26.2 Å². The number of hydrogen-bond acceptors (Lipinski definition) is 6. The van der Waals surface area contributed by atoms with E-state index in [1.807, 2.05) is 6.92 Å². The minimum atomic E-state index is -1.10. The summed E-state index contributed by atoms with van der Waals surface area (Å²) in [6.45, 7) is 3.32. The number of hydrogen-bond donors (Lipinski definition) is 6. The highest BCUT2D eigenvalue weighted by atomic mass is 16.5. The first-order valence-corrected chi connectivity index (χ1v) is 6.82. The lowest BCUT2D eigenvalue weighted by molar-refractivity contribution is -0.139. The van der Waals surface area contributed by atoms with Crippen LogP contribution in [0.2, 0.25) is 0 Å². The SMILES string of the molecule is CCCC(O)O.C[C@H](N)C(=O)O.O=C(O)CCCCC(=O)O. The molecule has 132 valence electrons. The maximum absolute atomic E-state index is 9.90. The Kier molecular flexibility index (Phi) is 19.9. The Morgan fingerprint density at radius 3 is 1.36 bits per heavy atom. The van der Waals surface area contributed by atoms with E-state index in [4.69, 9.17) is 31.3 Å². The molecular weight excluding hydrogens is 298 g/mol. The van der Waals surface area contributed by atoms with E-state index in [1.165, 1.54) is 6.92 Å². The highest BCUT2D eigenvalue weighted by Gasteiger charge is 2.00. The highest BCUT2D eigenvalue weighted by Crippen LogP contribution is 1.98. The van der Waals surface area contributed by atoms with Crippen molar-refractivity contribution in [1.82, 2.24) is 0 Å². The van der Waals surface area contributed by atoms with Crippen molar-refractivity contribution in [3.63, 3.8) is 0 Å². The molecule has 0 saturated heterocycles. The van der Waals surface area contributed by atoms with Gasteiger partial charge in [0.2, 0.25) is 0 Å². The van der Waals surface area contributed by atoms with Crippen LogP contribution in [0.4, 0.5) is 0 Å². The molecule has 0 unspecified atom stereocenters. The fourth-order valence-corrected chi connectivity index (χ4v) is 0.811. The smallest absolute Gasteiger partial charge is 0.320 e. The molecule has 0 heterocycles. The van der Waals surface area contributed by atoms with Crippen LogP contribution < -0.4 is 5.73 Å². The van der Waals surface area contributed by atoms with Crippen LogP contribution in [-0.4, -0.2) is 55.8 Å². The van der Waals surface area contributed by atoms with Crippen molar-refractivity contribution in [3.05, 3.63) is 0 Å². The minimum absolute atomic E-state index is 0.0628. The molecule has 9 heteroatoms. The summed E-state index contributed by atoms with van der Waals surface area (Å²) in [7, 11) is 0. The van der Waals surface area contributed by atoms with E-state index in [0.717, 1.165) is 6.42 Å². The lowest BCUT2D eigenvalue weighted by Gasteiger charge is -1.94. The lowest BCUT2D eigenvalue weighted by Crippen LogP contribution is -2.25. The van der Waals surface area contributed by atoms with Gasteiger partial charge >= 0.3 is 17.9 Å². The summed E-state index contributed by atoms with van der Waals surface area (Å²) in [6, 6.07) is -0.731. The van der Waals surface area contributed by atoms with E-state index >= 15 is 0 Å². The summed E-state index contributed by atoms with van der Waals surface area (Å²) >= 11 is 0. The fraction of sp³-hybridized carbons (Fsp3) is 0.769. The Balaban J connectivity index is -0.000000261. The molecule has 0 aliphatic heterocycles. The zero-order valence-corrected chi connectivity index (χ0v) is 12.9. The molecule has 22 heavy (non-hydrogen) atoms. The number of carboxylic acids is 3. The molecule has 9 nitrogen and oxygen atoms in total. The summed E-state index contributed by atoms with van der Waals surface area (Å²) in [5.41, 5.74) is 4.84. The molecule has 0 aromatic carbocycles. The third-order valence-electron chi connectivity index (χ3n) is 1.97. The van der Waals surface area contributed by atoms with Crippen LogP contribution in [0, 0.1) is 0 Å². The molecule has 0 saturated carbocycles. The number of rotatable bonds is 8. The van der Waals surface area contributed by atoms with Crippen molar-refractivity contribution < 1.29 is 39.9 Å². The molecule has 0 fully saturated rings. The van der Waals surface area contributed by atoms with Gasteiger partial charge in [0, 0.05) is 12.8 Å². The molecule has 7 N–H and O–H groups in total. The Morgan fingerprint density at radius 2 is 1.27 bits per heavy atom. The van der Waals surface area contributed by atoms with Crippen molar-refractivity contribution in [2.75, 3.05) is 0 Å². The average molecular weight is 325 g/mol. The van der Waals surface area contributed by atoms with Crippen molar-refractivity contribution in [3.8, 4) is 0 Å². The van der Waals surface area contributed by atoms with Gasteiger partial charge in [0.05, 0.1) is 0 Å². The Labute approximate surface area is 129 Å². The fourth-order valence-electron chi connectivity index (χ4n) is 0.811. The van der Waals surface area contributed by atoms with E-state index in [-0.39, 0.29) is 12.8 Å². The molecule has 0 spiro atoms. The van der Waals surface area contributed by atoms with Crippen LogP contribution in [0.25, 0.3) is 0 Å². The summed E-state index contributed by atoms with van der Waals surface area (Å²) in [4.78, 5) is 29.4. The standard InChI is InChI=1S/C6H10O4.C4H10O2.C3H7NO2/c7-5(8)3-1-2-4-6(9)10;1-2-3-4(5)6;1-2(4)3(5)6/h1-4H2,(H,7,8)(H,9,10);4-6H,2-3H2,1H3;2H,4H2,1H3,(H,5,6)/t;;2-/m..0/s1. The largest absolute Gasteiger partial charge is 0.481 e. The molecule has 0 aromatic rings. The quantitative estimate of drug-likeness (QED) is 0.269. The monoisotopic (exact) mass is 325 g/mol. The Bertz CT molecular complexity index is 288. The van der Waals surface area contributed by atoms with Gasteiger partial charge in [-0.2, -0.15) is 0 Å². The number of aliphatic hydroxyl groups excluding tert-OH is 1. The maximum atomic E-state index is 9.90. The topological polar surface area (TPSA) is 178 Å². The molecule has 0 rings (SSSR count). The second-order valence-electron chi connectivity index (χ2n) is 4.39. The first-order chi connectivity index (χ1) is 10.0. The van der Waals surface area contributed by atoms with E-state index in [0.29, 0.717) is 19.3 Å². The zero-order chi connectivity index (χ0) is 18.1.